The summed E-state index contributed by atoms with van der Waals surface area (Å²) < 4.78 is 10.4. The minimum Gasteiger partial charge on any atom is -0.508 e. The van der Waals surface area contributed by atoms with E-state index in [2.05, 4.69) is 16.4 Å². The number of aromatic hydroxyl groups is 1. The maximum absolute atomic E-state index is 13.7. The molecule has 2 aliphatic heterocycles. The number of aliphatic hydroxyl groups excluding tert-OH is 4. The summed E-state index contributed by atoms with van der Waals surface area (Å²) in [7, 11) is 0. The monoisotopic (exact) mass is 687 g/mol. The molecule has 9 atom stereocenters. The average Bonchev–Trinajstić information content (AvgIpc) is 3.58. The summed E-state index contributed by atoms with van der Waals surface area (Å²) in [6.45, 7) is 3.10. The van der Waals surface area contributed by atoms with Crippen molar-refractivity contribution in [2.45, 2.75) is 94.4 Å². The summed E-state index contributed by atoms with van der Waals surface area (Å²) in [4.78, 5) is 55.5. The van der Waals surface area contributed by atoms with Crippen molar-refractivity contribution >= 4 is 23.7 Å². The van der Waals surface area contributed by atoms with Crippen LogP contribution in [0.25, 0.3) is 0 Å². The molecule has 268 valence electrons. The van der Waals surface area contributed by atoms with Gasteiger partial charge in [0.2, 0.25) is 11.8 Å². The maximum atomic E-state index is 13.7. The van der Waals surface area contributed by atoms with Crippen LogP contribution < -0.4 is 16.4 Å². The Bertz CT molecular complexity index is 1430. The fourth-order valence-corrected chi connectivity index (χ4v) is 5.94. The zero-order valence-corrected chi connectivity index (χ0v) is 27.6. The number of rotatable bonds is 13. The summed E-state index contributed by atoms with van der Waals surface area (Å²) in [5.41, 5.74) is 5.56. The predicted molar refractivity (Wildman–Crippen MR) is 172 cm³/mol. The number of esters is 1. The van der Waals surface area contributed by atoms with E-state index < -0.39 is 85.2 Å². The van der Waals surface area contributed by atoms with E-state index in [0.717, 1.165) is 11.1 Å². The minimum absolute atomic E-state index is 0.0813. The van der Waals surface area contributed by atoms with Crippen LogP contribution >= 0.6 is 0 Å². The van der Waals surface area contributed by atoms with Crippen LogP contribution in [0, 0.1) is 5.92 Å². The first-order chi connectivity index (χ1) is 23.3. The van der Waals surface area contributed by atoms with Crippen molar-refractivity contribution in [3.63, 3.8) is 0 Å². The summed E-state index contributed by atoms with van der Waals surface area (Å²) in [6.07, 6.45) is -6.93. The summed E-state index contributed by atoms with van der Waals surface area (Å²) in [5, 5.41) is 54.6. The number of likely N-dealkylation sites (tertiary alicyclic amines) is 1. The number of phenols is 1. The lowest BCUT2D eigenvalue weighted by molar-refractivity contribution is -0.405. The third-order valence-electron chi connectivity index (χ3n) is 8.82. The number of benzene rings is 2. The number of quaternary nitrogens is 1. The fourth-order valence-electron chi connectivity index (χ4n) is 5.94. The van der Waals surface area contributed by atoms with Crippen LogP contribution in [-0.2, 0) is 41.5 Å². The average molecular weight is 688 g/mol. The molecule has 15 nitrogen and oxygen atoms in total. The lowest BCUT2D eigenvalue weighted by Gasteiger charge is -2.38. The molecular weight excluding hydrogens is 640 g/mol. The largest absolute Gasteiger partial charge is 0.508 e. The van der Waals surface area contributed by atoms with Gasteiger partial charge in [-0.3, -0.25) is 14.4 Å². The third-order valence-corrected chi connectivity index (χ3v) is 8.82. The molecular formula is C34H47N4O11+. The van der Waals surface area contributed by atoms with Crippen molar-refractivity contribution in [1.82, 2.24) is 15.5 Å². The van der Waals surface area contributed by atoms with Crippen molar-refractivity contribution in [1.29, 1.82) is 0 Å². The third kappa shape index (κ3) is 9.74. The van der Waals surface area contributed by atoms with Gasteiger partial charge in [-0.15, -0.1) is 0 Å². The van der Waals surface area contributed by atoms with Crippen LogP contribution in [0.5, 0.6) is 5.75 Å². The zero-order valence-electron chi connectivity index (χ0n) is 27.6. The fraction of sp³-hybridized carbons (Fsp3) is 0.529. The van der Waals surface area contributed by atoms with Gasteiger partial charge in [-0.05, 0) is 42.0 Å². The summed E-state index contributed by atoms with van der Waals surface area (Å²) in [5.74, 6) is -2.76. The van der Waals surface area contributed by atoms with E-state index in [4.69, 9.17) is 9.47 Å². The van der Waals surface area contributed by atoms with Crippen molar-refractivity contribution in [2.24, 2.45) is 5.92 Å². The van der Waals surface area contributed by atoms with Crippen molar-refractivity contribution < 1.29 is 59.9 Å². The van der Waals surface area contributed by atoms with Crippen LogP contribution in [0.4, 0.5) is 0 Å². The molecule has 2 aliphatic rings. The van der Waals surface area contributed by atoms with Gasteiger partial charge >= 0.3 is 5.97 Å². The topological polar surface area (TPSA) is 243 Å². The van der Waals surface area contributed by atoms with E-state index in [1.807, 2.05) is 6.07 Å². The first kappa shape index (κ1) is 37.7. The second kappa shape index (κ2) is 17.0. The Kier molecular flexibility index (Phi) is 13.1. The molecule has 0 radical (unpaired) electrons. The molecule has 0 saturated carbocycles. The molecule has 2 fully saturated rings. The quantitative estimate of drug-likeness (QED) is 0.105. The van der Waals surface area contributed by atoms with E-state index in [9.17, 15) is 44.7 Å². The highest BCUT2D eigenvalue weighted by atomic mass is 16.6. The number of ether oxygens (including phenoxy) is 2. The normalized spacial score (nSPS) is 25.7. The van der Waals surface area contributed by atoms with Gasteiger partial charge in [-0.1, -0.05) is 56.3 Å². The molecule has 2 heterocycles. The van der Waals surface area contributed by atoms with Gasteiger partial charge in [0, 0.05) is 19.4 Å². The van der Waals surface area contributed by atoms with Crippen LogP contribution in [-0.4, -0.2) is 122 Å². The SMILES string of the molecule is CC(C)[C@H](NC(=O)[C@H](Cc1ccccc1)NC(=O)[C@@H]1CCCN1C(=O)[C@@H]([NH3+])Cc1ccc(O)cc1)C(=O)OC[C@H]1O[C@H](O)[C@H](O)[C@@H](O)[C@@H]1O. The molecule has 0 spiro atoms. The highest BCUT2D eigenvalue weighted by Crippen LogP contribution is 2.22. The molecule has 10 N–H and O–H groups in total. The second-order valence-corrected chi connectivity index (χ2v) is 12.9. The van der Waals surface area contributed by atoms with E-state index in [0.29, 0.717) is 25.8 Å². The van der Waals surface area contributed by atoms with Crippen LogP contribution in [0.3, 0.4) is 0 Å². The predicted octanol–water partition coefficient (Wildman–Crippen LogP) is -2.25. The standard InChI is InChI=1S/C34H46N4O11/c1-18(2)26(33(46)48-17-25-27(40)28(41)29(42)34(47)49-25)37-30(43)23(16-19-7-4-3-5-8-19)36-31(44)24-9-6-14-38(24)32(45)22(35)15-20-10-12-21(39)13-11-20/h3-5,7-8,10-13,18,22-29,34,39-42,47H,6,9,14-17,35H2,1-2H3,(H,36,44)(H,37,43)/p+1/t22-,23-,24-,25+,26-,27+,28-,29+,34-/m0/s1. The van der Waals surface area contributed by atoms with Gasteiger partial charge in [-0.25, -0.2) is 4.79 Å². The van der Waals surface area contributed by atoms with E-state index in [-0.39, 0.29) is 18.1 Å². The molecule has 0 aromatic heterocycles. The number of nitrogens with zero attached hydrogens (tertiary/aromatic N) is 1. The molecule has 2 saturated heterocycles. The first-order valence-corrected chi connectivity index (χ1v) is 16.4. The van der Waals surface area contributed by atoms with Gasteiger partial charge in [-0.2, -0.15) is 0 Å². The number of hydrogen-bond acceptors (Lipinski definition) is 11. The Morgan fingerprint density at radius 1 is 0.918 bits per heavy atom. The molecule has 2 aromatic carbocycles. The van der Waals surface area contributed by atoms with E-state index in [1.54, 1.807) is 50.2 Å². The van der Waals surface area contributed by atoms with Crippen molar-refractivity contribution in [3.05, 3.63) is 65.7 Å². The minimum atomic E-state index is -1.81. The molecule has 4 rings (SSSR count). The van der Waals surface area contributed by atoms with Gasteiger partial charge < -0.3 is 56.3 Å². The molecule has 0 unspecified atom stereocenters. The summed E-state index contributed by atoms with van der Waals surface area (Å²) in [6, 6.07) is 11.6. The zero-order chi connectivity index (χ0) is 35.8. The maximum Gasteiger partial charge on any atom is 0.328 e. The summed E-state index contributed by atoms with van der Waals surface area (Å²) >= 11 is 0. The molecule has 0 aliphatic carbocycles. The number of carbonyl (C=O) groups is 4. The molecule has 15 heteroatoms. The highest BCUT2D eigenvalue weighted by Gasteiger charge is 2.44. The van der Waals surface area contributed by atoms with Gasteiger partial charge in [0.25, 0.3) is 5.91 Å². The molecule has 3 amide bonds. The van der Waals surface area contributed by atoms with Crippen LogP contribution in [0.2, 0.25) is 0 Å². The van der Waals surface area contributed by atoms with Gasteiger partial charge in [0.05, 0.1) is 0 Å². The first-order valence-electron chi connectivity index (χ1n) is 16.4. The van der Waals surface area contributed by atoms with Gasteiger partial charge in [0.15, 0.2) is 12.3 Å². The lowest BCUT2D eigenvalue weighted by atomic mass is 9.99. The Balaban J connectivity index is 1.43. The van der Waals surface area contributed by atoms with Crippen LogP contribution in [0.15, 0.2) is 54.6 Å². The van der Waals surface area contributed by atoms with Crippen molar-refractivity contribution in [3.8, 4) is 5.75 Å². The smallest absolute Gasteiger partial charge is 0.328 e. The number of amides is 3. The van der Waals surface area contributed by atoms with Gasteiger partial charge in [0.1, 0.15) is 54.9 Å². The number of carbonyl (C=O) groups excluding carboxylic acids is 4. The number of phenolic OH excluding ortho intramolecular Hbond substituents is 1. The Hall–Kier alpha value is -4.12. The Morgan fingerprint density at radius 3 is 2.22 bits per heavy atom. The van der Waals surface area contributed by atoms with E-state index >= 15 is 0 Å². The molecule has 0 bridgehead atoms. The second-order valence-electron chi connectivity index (χ2n) is 12.9. The lowest BCUT2D eigenvalue weighted by Crippen LogP contribution is -2.70. The highest BCUT2D eigenvalue weighted by molar-refractivity contribution is 5.94. The number of nitrogens with one attached hydrogen (secondary N) is 2. The number of aliphatic hydroxyl groups is 4. The Morgan fingerprint density at radius 2 is 1.57 bits per heavy atom. The van der Waals surface area contributed by atoms with Crippen molar-refractivity contribution in [2.75, 3.05) is 13.2 Å². The van der Waals surface area contributed by atoms with Crippen LogP contribution in [0.1, 0.15) is 37.8 Å². The molecule has 2 aromatic rings. The van der Waals surface area contributed by atoms with E-state index in [1.165, 1.54) is 17.0 Å². The Labute approximate surface area is 284 Å². The number of hydrogen-bond donors (Lipinski definition) is 8. The molecule has 49 heavy (non-hydrogen) atoms.